The molecule has 0 amide bonds. The largest absolute Gasteiger partial charge is 0.473 e. The molecule has 4 fully saturated rings. The first-order chi connectivity index (χ1) is 19.9. The number of benzene rings is 1. The quantitative estimate of drug-likeness (QED) is 0.379. The van der Waals surface area contributed by atoms with E-state index in [2.05, 4.69) is 50.9 Å². The third-order valence-electron chi connectivity index (χ3n) is 10.5. The van der Waals surface area contributed by atoms with Crippen molar-refractivity contribution in [2.24, 2.45) is 11.3 Å². The first kappa shape index (κ1) is 28.6. The second-order valence-corrected chi connectivity index (χ2v) is 13.7. The standard InChI is InChI=1S/C33H45ClN6O/c1-24-18-29(19-25(2)40(24)22-26-6-4-3-5-7-26)41-32-11-10-31(36-37-32)38-15-12-33(13-16-38)14-17-39(23-33)28-9-8-27(21-35)30(34)20-28/h8-11,20,24-26,29H,3-7,12-19,22-23H2,1-2H3. The second-order valence-electron chi connectivity index (χ2n) is 13.3. The molecule has 3 saturated heterocycles. The van der Waals surface area contributed by atoms with E-state index in [1.54, 1.807) is 0 Å². The minimum Gasteiger partial charge on any atom is -0.473 e. The van der Waals surface area contributed by atoms with Gasteiger partial charge in [-0.2, -0.15) is 5.26 Å². The fourth-order valence-corrected chi connectivity index (χ4v) is 8.18. The maximum absolute atomic E-state index is 9.18. The van der Waals surface area contributed by atoms with Gasteiger partial charge in [-0.1, -0.05) is 30.9 Å². The van der Waals surface area contributed by atoms with Gasteiger partial charge in [0.25, 0.3) is 0 Å². The second kappa shape index (κ2) is 12.4. The molecule has 1 aromatic carbocycles. The van der Waals surface area contributed by atoms with Crippen molar-refractivity contribution in [3.63, 3.8) is 0 Å². The van der Waals surface area contributed by atoms with Crippen LogP contribution in [0.2, 0.25) is 5.02 Å². The number of hydrogen-bond donors (Lipinski definition) is 0. The Kier molecular flexibility index (Phi) is 8.60. The molecule has 1 spiro atoms. The number of rotatable bonds is 6. The summed E-state index contributed by atoms with van der Waals surface area (Å²) in [6, 6.07) is 13.1. The maximum atomic E-state index is 9.18. The lowest BCUT2D eigenvalue weighted by Crippen LogP contribution is -2.51. The molecule has 3 aliphatic heterocycles. The fourth-order valence-electron chi connectivity index (χ4n) is 7.97. The highest BCUT2D eigenvalue weighted by atomic mass is 35.5. The molecule has 0 bridgehead atoms. The van der Waals surface area contributed by atoms with Crippen molar-refractivity contribution >= 4 is 23.1 Å². The van der Waals surface area contributed by atoms with E-state index in [-0.39, 0.29) is 6.10 Å². The molecule has 2 unspecified atom stereocenters. The van der Waals surface area contributed by atoms with E-state index < -0.39 is 0 Å². The van der Waals surface area contributed by atoms with Crippen molar-refractivity contribution in [3.05, 3.63) is 40.9 Å². The van der Waals surface area contributed by atoms with Crippen LogP contribution in [0.15, 0.2) is 30.3 Å². The van der Waals surface area contributed by atoms with Gasteiger partial charge in [0.1, 0.15) is 12.2 Å². The normalized spacial score (nSPS) is 27.2. The van der Waals surface area contributed by atoms with Crippen molar-refractivity contribution in [3.8, 4) is 11.9 Å². The molecule has 7 nitrogen and oxygen atoms in total. The Morgan fingerprint density at radius 1 is 0.951 bits per heavy atom. The predicted octanol–water partition coefficient (Wildman–Crippen LogP) is 6.70. The first-order valence-electron chi connectivity index (χ1n) is 15.9. The van der Waals surface area contributed by atoms with Crippen molar-refractivity contribution in [1.29, 1.82) is 5.26 Å². The van der Waals surface area contributed by atoms with E-state index in [9.17, 15) is 5.26 Å². The van der Waals surface area contributed by atoms with E-state index in [1.807, 2.05) is 24.3 Å². The average molecular weight is 577 g/mol. The SMILES string of the molecule is CC1CC(Oc2ccc(N3CCC4(CCN(c5ccc(C#N)c(Cl)c5)C4)CC3)nn2)CC(C)N1CC1CCCCC1. The van der Waals surface area contributed by atoms with Crippen molar-refractivity contribution in [2.45, 2.75) is 96.2 Å². The highest BCUT2D eigenvalue weighted by Crippen LogP contribution is 2.43. The lowest BCUT2D eigenvalue weighted by molar-refractivity contribution is 0.0107. The van der Waals surface area contributed by atoms with Gasteiger partial charge in [0.15, 0.2) is 5.82 Å². The number of halogens is 1. The molecule has 6 rings (SSSR count). The Morgan fingerprint density at radius 3 is 2.29 bits per heavy atom. The number of nitrogens with zero attached hydrogens (tertiary/aromatic N) is 6. The lowest BCUT2D eigenvalue weighted by Gasteiger charge is -2.44. The van der Waals surface area contributed by atoms with E-state index in [0.717, 1.165) is 69.3 Å². The van der Waals surface area contributed by atoms with Crippen LogP contribution in [0.4, 0.5) is 11.5 Å². The summed E-state index contributed by atoms with van der Waals surface area (Å²) in [6.45, 7) is 10.0. The summed E-state index contributed by atoms with van der Waals surface area (Å²) < 4.78 is 6.38. The summed E-state index contributed by atoms with van der Waals surface area (Å²) in [5.41, 5.74) is 1.98. The molecular weight excluding hydrogens is 532 g/mol. The molecule has 1 saturated carbocycles. The van der Waals surface area contributed by atoms with Crippen LogP contribution in [0.25, 0.3) is 0 Å². The van der Waals surface area contributed by atoms with Crippen LogP contribution in [0.5, 0.6) is 5.88 Å². The molecule has 220 valence electrons. The zero-order valence-electron chi connectivity index (χ0n) is 24.8. The van der Waals surface area contributed by atoms with Crippen LogP contribution in [0.3, 0.4) is 0 Å². The van der Waals surface area contributed by atoms with Crippen molar-refractivity contribution < 1.29 is 4.74 Å². The third kappa shape index (κ3) is 6.44. The van der Waals surface area contributed by atoms with Crippen LogP contribution in [0.1, 0.15) is 83.6 Å². The van der Waals surface area contributed by atoms with Crippen LogP contribution < -0.4 is 14.5 Å². The van der Waals surface area contributed by atoms with Gasteiger partial charge in [-0.25, -0.2) is 0 Å². The molecular formula is C33H45ClN6O. The number of ether oxygens (including phenoxy) is 1. The summed E-state index contributed by atoms with van der Waals surface area (Å²) in [5, 5.41) is 18.8. The smallest absolute Gasteiger partial charge is 0.233 e. The van der Waals surface area contributed by atoms with Crippen LogP contribution in [-0.4, -0.2) is 66.0 Å². The average Bonchev–Trinajstić information content (AvgIpc) is 3.40. The molecule has 4 aliphatic rings. The van der Waals surface area contributed by atoms with Gasteiger partial charge in [-0.15, -0.1) is 10.2 Å². The number of nitriles is 1. The molecule has 8 heteroatoms. The third-order valence-corrected chi connectivity index (χ3v) is 10.8. The number of aromatic nitrogens is 2. The zero-order chi connectivity index (χ0) is 28.4. The van der Waals surface area contributed by atoms with Gasteiger partial charge >= 0.3 is 0 Å². The molecule has 41 heavy (non-hydrogen) atoms. The van der Waals surface area contributed by atoms with E-state index in [1.165, 1.54) is 45.1 Å². The maximum Gasteiger partial charge on any atom is 0.233 e. The van der Waals surface area contributed by atoms with Gasteiger partial charge in [0.2, 0.25) is 5.88 Å². The van der Waals surface area contributed by atoms with Gasteiger partial charge in [0, 0.05) is 56.6 Å². The van der Waals surface area contributed by atoms with Crippen molar-refractivity contribution in [1.82, 2.24) is 15.1 Å². The predicted molar refractivity (Wildman–Crippen MR) is 165 cm³/mol. The van der Waals surface area contributed by atoms with Gasteiger partial charge in [-0.3, -0.25) is 4.90 Å². The molecule has 0 N–H and O–H groups in total. The zero-order valence-corrected chi connectivity index (χ0v) is 25.5. The summed E-state index contributed by atoms with van der Waals surface area (Å²) >= 11 is 6.31. The molecule has 0 radical (unpaired) electrons. The minimum atomic E-state index is 0.203. The van der Waals surface area contributed by atoms with Gasteiger partial charge in [0.05, 0.1) is 10.6 Å². The van der Waals surface area contributed by atoms with E-state index in [0.29, 0.717) is 34.0 Å². The van der Waals surface area contributed by atoms with Crippen LogP contribution in [0, 0.1) is 22.7 Å². The van der Waals surface area contributed by atoms with Gasteiger partial charge in [-0.05, 0) is 94.4 Å². The van der Waals surface area contributed by atoms with E-state index in [4.69, 9.17) is 16.3 Å². The Balaban J connectivity index is 0.986. The summed E-state index contributed by atoms with van der Waals surface area (Å²) in [6.07, 6.45) is 12.8. The Hall–Kier alpha value is -2.56. The van der Waals surface area contributed by atoms with Gasteiger partial charge < -0.3 is 14.5 Å². The number of likely N-dealkylation sites (tertiary alicyclic amines) is 1. The molecule has 2 atom stereocenters. The highest BCUT2D eigenvalue weighted by molar-refractivity contribution is 6.32. The number of piperidine rings is 2. The van der Waals surface area contributed by atoms with Crippen LogP contribution in [-0.2, 0) is 0 Å². The number of anilines is 2. The summed E-state index contributed by atoms with van der Waals surface area (Å²) in [5.74, 6) is 2.48. The molecule has 2 aromatic rings. The van der Waals surface area contributed by atoms with Crippen LogP contribution >= 0.6 is 11.6 Å². The fraction of sp³-hybridized carbons (Fsp3) is 0.667. The minimum absolute atomic E-state index is 0.203. The summed E-state index contributed by atoms with van der Waals surface area (Å²) in [7, 11) is 0. The monoisotopic (exact) mass is 576 g/mol. The van der Waals surface area contributed by atoms with Crippen molar-refractivity contribution in [2.75, 3.05) is 42.5 Å². The Bertz CT molecular complexity index is 1210. The molecule has 4 heterocycles. The molecule has 1 aliphatic carbocycles. The topological polar surface area (TPSA) is 68.5 Å². The Morgan fingerprint density at radius 2 is 1.66 bits per heavy atom. The van der Waals surface area contributed by atoms with E-state index >= 15 is 0 Å². The first-order valence-corrected chi connectivity index (χ1v) is 16.2. The lowest BCUT2D eigenvalue weighted by atomic mass is 9.78. The summed E-state index contributed by atoms with van der Waals surface area (Å²) in [4.78, 5) is 7.53. The highest BCUT2D eigenvalue weighted by Gasteiger charge is 2.41. The molecule has 1 aromatic heterocycles. The number of hydrogen-bond acceptors (Lipinski definition) is 7. The Labute approximate surface area is 250 Å².